The number of nitrogens with one attached hydrogen (secondary N) is 1. The first kappa shape index (κ1) is 15.3. The van der Waals surface area contributed by atoms with E-state index in [4.69, 9.17) is 4.74 Å². The number of piperidine rings is 1. The van der Waals surface area contributed by atoms with Crippen molar-refractivity contribution in [1.29, 1.82) is 0 Å². The van der Waals surface area contributed by atoms with Crippen molar-refractivity contribution < 1.29 is 14.3 Å². The molecule has 0 saturated carbocycles. The van der Waals surface area contributed by atoms with Crippen LogP contribution in [0.3, 0.4) is 0 Å². The van der Waals surface area contributed by atoms with Crippen molar-refractivity contribution in [3.05, 3.63) is 23.9 Å². The van der Waals surface area contributed by atoms with Gasteiger partial charge in [-0.2, -0.15) is 0 Å². The van der Waals surface area contributed by atoms with Gasteiger partial charge in [0.2, 0.25) is 5.91 Å². The summed E-state index contributed by atoms with van der Waals surface area (Å²) in [5, 5.41) is 2.70. The van der Waals surface area contributed by atoms with Crippen LogP contribution in [0.2, 0.25) is 0 Å². The Bertz CT molecular complexity index is 501. The van der Waals surface area contributed by atoms with E-state index in [-0.39, 0.29) is 17.8 Å². The van der Waals surface area contributed by atoms with Gasteiger partial charge in [0.15, 0.2) is 0 Å². The Morgan fingerprint density at radius 3 is 2.90 bits per heavy atom. The quantitative estimate of drug-likeness (QED) is 0.845. The van der Waals surface area contributed by atoms with E-state index in [1.165, 1.54) is 6.20 Å². The summed E-state index contributed by atoms with van der Waals surface area (Å²) >= 11 is 0. The summed E-state index contributed by atoms with van der Waals surface area (Å²) < 4.78 is 4.93. The summed E-state index contributed by atoms with van der Waals surface area (Å²) in [6.07, 6.45) is 3.38. The number of hydrogen-bond acceptors (Lipinski definition) is 5. The summed E-state index contributed by atoms with van der Waals surface area (Å²) in [6, 6.07) is 3.52. The Hall–Kier alpha value is -2.11. The molecule has 0 aliphatic carbocycles. The molecule has 1 aromatic heterocycles. The molecule has 114 valence electrons. The van der Waals surface area contributed by atoms with Crippen LogP contribution in [-0.2, 0) is 9.53 Å². The van der Waals surface area contributed by atoms with Crippen LogP contribution in [0.5, 0.6) is 0 Å². The van der Waals surface area contributed by atoms with Crippen molar-refractivity contribution in [2.24, 2.45) is 5.92 Å². The summed E-state index contributed by atoms with van der Waals surface area (Å²) in [6.45, 7) is 3.65. The molecule has 1 fully saturated rings. The van der Waals surface area contributed by atoms with Crippen LogP contribution in [0.15, 0.2) is 18.3 Å². The third-order valence-corrected chi connectivity index (χ3v) is 3.62. The lowest BCUT2D eigenvalue weighted by Gasteiger charge is -2.32. The highest BCUT2D eigenvalue weighted by molar-refractivity contribution is 5.89. The van der Waals surface area contributed by atoms with Crippen LogP contribution in [-0.4, -0.2) is 43.6 Å². The lowest BCUT2D eigenvalue weighted by molar-refractivity contribution is -0.124. The van der Waals surface area contributed by atoms with Gasteiger partial charge < -0.3 is 15.0 Å². The van der Waals surface area contributed by atoms with Gasteiger partial charge >= 0.3 is 5.97 Å². The van der Waals surface area contributed by atoms with E-state index in [1.807, 2.05) is 0 Å². The van der Waals surface area contributed by atoms with Crippen LogP contribution in [0, 0.1) is 5.92 Å². The van der Waals surface area contributed by atoms with E-state index >= 15 is 0 Å². The van der Waals surface area contributed by atoms with Crippen LogP contribution in [0.25, 0.3) is 0 Å². The van der Waals surface area contributed by atoms with Crippen molar-refractivity contribution in [2.75, 3.05) is 31.6 Å². The largest absolute Gasteiger partial charge is 0.462 e. The number of pyridine rings is 1. The number of ether oxygens (including phenoxy) is 1. The van der Waals surface area contributed by atoms with E-state index in [2.05, 4.69) is 15.2 Å². The molecule has 1 N–H and O–H groups in total. The lowest BCUT2D eigenvalue weighted by atomic mass is 9.97. The predicted octanol–water partition coefficient (Wildman–Crippen LogP) is 1.22. The Morgan fingerprint density at radius 1 is 1.48 bits per heavy atom. The summed E-state index contributed by atoms with van der Waals surface area (Å²) in [4.78, 5) is 29.7. The molecule has 21 heavy (non-hydrogen) atoms. The highest BCUT2D eigenvalue weighted by atomic mass is 16.5. The van der Waals surface area contributed by atoms with Gasteiger partial charge in [-0.05, 0) is 31.9 Å². The minimum absolute atomic E-state index is 0.00437. The van der Waals surface area contributed by atoms with E-state index in [0.29, 0.717) is 18.7 Å². The molecule has 6 heteroatoms. The zero-order valence-electron chi connectivity index (χ0n) is 12.5. The van der Waals surface area contributed by atoms with Crippen molar-refractivity contribution >= 4 is 17.7 Å². The zero-order chi connectivity index (χ0) is 15.2. The summed E-state index contributed by atoms with van der Waals surface area (Å²) in [5.74, 6) is 0.494. The second-order valence-electron chi connectivity index (χ2n) is 5.02. The van der Waals surface area contributed by atoms with Crippen molar-refractivity contribution in [2.45, 2.75) is 19.8 Å². The van der Waals surface area contributed by atoms with Gasteiger partial charge in [-0.25, -0.2) is 9.78 Å². The van der Waals surface area contributed by atoms with Gasteiger partial charge in [0.25, 0.3) is 0 Å². The minimum Gasteiger partial charge on any atom is -0.462 e. The maximum Gasteiger partial charge on any atom is 0.339 e. The molecular formula is C15H21N3O3. The number of anilines is 1. The number of amides is 1. The molecule has 6 nitrogen and oxygen atoms in total. The van der Waals surface area contributed by atoms with Gasteiger partial charge in [-0.15, -0.1) is 0 Å². The Morgan fingerprint density at radius 2 is 2.29 bits per heavy atom. The number of nitrogens with zero attached hydrogens (tertiary/aromatic N) is 2. The molecule has 2 heterocycles. The highest BCUT2D eigenvalue weighted by Gasteiger charge is 2.25. The van der Waals surface area contributed by atoms with Crippen molar-refractivity contribution in [1.82, 2.24) is 10.3 Å². The fourth-order valence-electron chi connectivity index (χ4n) is 2.51. The fourth-order valence-corrected chi connectivity index (χ4v) is 2.51. The molecular weight excluding hydrogens is 270 g/mol. The average molecular weight is 291 g/mol. The smallest absolute Gasteiger partial charge is 0.339 e. The molecule has 0 radical (unpaired) electrons. The predicted molar refractivity (Wildman–Crippen MR) is 79.2 cm³/mol. The fraction of sp³-hybridized carbons (Fsp3) is 0.533. The topological polar surface area (TPSA) is 71.5 Å². The SMILES string of the molecule is CCOC(=O)c1ccc(N2CCCC(C(=O)NC)C2)nc1. The van der Waals surface area contributed by atoms with Crippen molar-refractivity contribution in [3.8, 4) is 0 Å². The number of hydrogen-bond donors (Lipinski definition) is 1. The molecule has 1 saturated heterocycles. The van der Waals surface area contributed by atoms with Gasteiger partial charge in [0, 0.05) is 26.3 Å². The first-order valence-corrected chi connectivity index (χ1v) is 7.25. The molecule has 0 bridgehead atoms. The summed E-state index contributed by atoms with van der Waals surface area (Å²) in [5.41, 5.74) is 0.445. The molecule has 1 unspecified atom stereocenters. The zero-order valence-corrected chi connectivity index (χ0v) is 12.5. The third-order valence-electron chi connectivity index (χ3n) is 3.62. The Kier molecular flexibility index (Phi) is 5.14. The van der Waals surface area contributed by atoms with Gasteiger partial charge in [0.05, 0.1) is 18.1 Å². The lowest BCUT2D eigenvalue weighted by Crippen LogP contribution is -2.42. The molecule has 0 aromatic carbocycles. The van der Waals surface area contributed by atoms with Gasteiger partial charge in [-0.3, -0.25) is 4.79 Å². The molecule has 1 aliphatic rings. The highest BCUT2D eigenvalue weighted by Crippen LogP contribution is 2.22. The van der Waals surface area contributed by atoms with Crippen LogP contribution >= 0.6 is 0 Å². The number of aromatic nitrogens is 1. The Balaban J connectivity index is 2.04. The van der Waals surface area contributed by atoms with Crippen LogP contribution in [0.4, 0.5) is 5.82 Å². The number of carbonyl (C=O) groups is 2. The minimum atomic E-state index is -0.363. The van der Waals surface area contributed by atoms with Gasteiger partial charge in [0.1, 0.15) is 5.82 Å². The molecule has 1 amide bonds. The maximum absolute atomic E-state index is 11.7. The second kappa shape index (κ2) is 7.06. The number of carbonyl (C=O) groups excluding carboxylic acids is 2. The van der Waals surface area contributed by atoms with E-state index in [0.717, 1.165) is 25.2 Å². The number of esters is 1. The van der Waals surface area contributed by atoms with E-state index in [1.54, 1.807) is 26.1 Å². The molecule has 1 aliphatic heterocycles. The van der Waals surface area contributed by atoms with E-state index < -0.39 is 0 Å². The van der Waals surface area contributed by atoms with Crippen LogP contribution < -0.4 is 10.2 Å². The molecule has 2 rings (SSSR count). The number of rotatable bonds is 4. The van der Waals surface area contributed by atoms with Crippen LogP contribution in [0.1, 0.15) is 30.1 Å². The third kappa shape index (κ3) is 3.71. The molecule has 1 atom stereocenters. The summed E-state index contributed by atoms with van der Waals surface area (Å²) in [7, 11) is 1.66. The molecule has 1 aromatic rings. The Labute approximate surface area is 124 Å². The normalized spacial score (nSPS) is 18.2. The first-order chi connectivity index (χ1) is 10.2. The van der Waals surface area contributed by atoms with Gasteiger partial charge in [-0.1, -0.05) is 0 Å². The molecule has 0 spiro atoms. The first-order valence-electron chi connectivity index (χ1n) is 7.25. The van der Waals surface area contributed by atoms with E-state index in [9.17, 15) is 9.59 Å². The standard InChI is InChI=1S/C15H21N3O3/c1-3-21-15(20)11-6-7-13(17-9-11)18-8-4-5-12(10-18)14(19)16-2/h6-7,9,12H,3-5,8,10H2,1-2H3,(H,16,19). The second-order valence-corrected chi connectivity index (χ2v) is 5.02. The van der Waals surface area contributed by atoms with Crippen molar-refractivity contribution in [3.63, 3.8) is 0 Å². The maximum atomic E-state index is 11.7. The monoisotopic (exact) mass is 291 g/mol. The average Bonchev–Trinajstić information content (AvgIpc) is 2.54.